The molecule has 0 aliphatic carbocycles. The van der Waals surface area contributed by atoms with E-state index in [1.54, 1.807) is 35.9 Å². The average Bonchev–Trinajstić information content (AvgIpc) is 3.04. The van der Waals surface area contributed by atoms with Crippen LogP contribution in [0.3, 0.4) is 0 Å². The zero-order valence-corrected chi connectivity index (χ0v) is 15.1. The third-order valence-corrected chi connectivity index (χ3v) is 5.46. The Morgan fingerprint density at radius 2 is 1.91 bits per heavy atom. The van der Waals surface area contributed by atoms with Crippen LogP contribution >= 0.6 is 39.0 Å². The minimum absolute atomic E-state index is 0.0541. The van der Waals surface area contributed by atoms with Crippen molar-refractivity contribution in [2.75, 3.05) is 11.1 Å². The van der Waals surface area contributed by atoms with Gasteiger partial charge in [0.2, 0.25) is 5.91 Å². The molecule has 0 bridgehead atoms. The van der Waals surface area contributed by atoms with Gasteiger partial charge in [0.1, 0.15) is 0 Å². The van der Waals surface area contributed by atoms with Gasteiger partial charge in [0.15, 0.2) is 4.34 Å². The van der Waals surface area contributed by atoms with Gasteiger partial charge < -0.3 is 5.32 Å². The number of rotatable bonds is 5. The molecule has 0 atom stereocenters. The number of anilines is 1. The molecule has 2 heterocycles. The normalized spacial score (nSPS) is 10.5. The second-order valence-electron chi connectivity index (χ2n) is 4.58. The van der Waals surface area contributed by atoms with E-state index in [1.165, 1.54) is 11.8 Å². The number of carbonyl (C=O) groups excluding carboxylic acids is 1. The molecule has 4 nitrogen and oxygen atoms in total. The van der Waals surface area contributed by atoms with Crippen LogP contribution in [0.2, 0.25) is 0 Å². The van der Waals surface area contributed by atoms with Crippen LogP contribution in [0.5, 0.6) is 0 Å². The van der Waals surface area contributed by atoms with E-state index in [-0.39, 0.29) is 5.91 Å². The predicted octanol–water partition coefficient (Wildman–Crippen LogP) is 4.70. The van der Waals surface area contributed by atoms with Crippen LogP contribution in [0.25, 0.3) is 11.3 Å². The highest BCUT2D eigenvalue weighted by Gasteiger charge is 2.08. The van der Waals surface area contributed by atoms with Crippen LogP contribution in [0.1, 0.15) is 0 Å². The van der Waals surface area contributed by atoms with Gasteiger partial charge in [0.25, 0.3) is 0 Å². The molecule has 7 heteroatoms. The molecule has 3 rings (SSSR count). The fourth-order valence-corrected chi connectivity index (χ4v) is 3.74. The lowest BCUT2D eigenvalue weighted by Crippen LogP contribution is -2.13. The maximum Gasteiger partial charge on any atom is 0.234 e. The molecular weight excluding hydrogens is 394 g/mol. The van der Waals surface area contributed by atoms with Gasteiger partial charge in [-0.3, -0.25) is 9.78 Å². The van der Waals surface area contributed by atoms with Crippen molar-refractivity contribution >= 4 is 50.6 Å². The molecule has 0 radical (unpaired) electrons. The third kappa shape index (κ3) is 4.63. The topological polar surface area (TPSA) is 54.9 Å². The number of halogens is 1. The predicted molar refractivity (Wildman–Crippen MR) is 98.8 cm³/mol. The molecule has 0 aliphatic rings. The molecule has 116 valence electrons. The van der Waals surface area contributed by atoms with Gasteiger partial charge in [-0.05, 0) is 24.3 Å². The van der Waals surface area contributed by atoms with Crippen molar-refractivity contribution in [1.29, 1.82) is 0 Å². The number of hydrogen-bond donors (Lipinski definition) is 1. The number of pyridine rings is 1. The first-order valence-corrected chi connectivity index (χ1v) is 9.41. The Hall–Kier alpha value is -1.70. The summed E-state index contributed by atoms with van der Waals surface area (Å²) in [6, 6.07) is 11.5. The van der Waals surface area contributed by atoms with E-state index < -0.39 is 0 Å². The van der Waals surface area contributed by atoms with Gasteiger partial charge in [-0.25, -0.2) is 4.98 Å². The molecule has 0 saturated carbocycles. The molecule has 0 unspecified atom stereocenters. The molecule has 0 aliphatic heterocycles. The number of amides is 1. The van der Waals surface area contributed by atoms with E-state index in [2.05, 4.69) is 31.2 Å². The Morgan fingerprint density at radius 1 is 1.17 bits per heavy atom. The highest BCUT2D eigenvalue weighted by molar-refractivity contribution is 9.10. The molecule has 2 aromatic heterocycles. The van der Waals surface area contributed by atoms with Crippen molar-refractivity contribution < 1.29 is 4.79 Å². The summed E-state index contributed by atoms with van der Waals surface area (Å²) in [6.45, 7) is 0. The molecule has 1 aromatic carbocycles. The summed E-state index contributed by atoms with van der Waals surface area (Å²) in [4.78, 5) is 20.4. The second kappa shape index (κ2) is 7.72. The van der Waals surface area contributed by atoms with E-state index in [4.69, 9.17) is 0 Å². The quantitative estimate of drug-likeness (QED) is 0.625. The van der Waals surface area contributed by atoms with Crippen LogP contribution in [-0.2, 0) is 4.79 Å². The van der Waals surface area contributed by atoms with E-state index in [0.717, 1.165) is 25.8 Å². The Morgan fingerprint density at radius 3 is 2.65 bits per heavy atom. The standard InChI is InChI=1S/C16H12BrN3OS2/c17-12-3-1-11(2-4-12)14-9-22-16(20-14)23-10-15(21)19-13-5-7-18-8-6-13/h1-9H,10H2,(H,18,19,21). The van der Waals surface area contributed by atoms with Crippen molar-refractivity contribution in [3.63, 3.8) is 0 Å². The van der Waals surface area contributed by atoms with Crippen molar-refractivity contribution in [3.05, 3.63) is 58.6 Å². The lowest BCUT2D eigenvalue weighted by molar-refractivity contribution is -0.113. The summed E-state index contributed by atoms with van der Waals surface area (Å²) in [5, 5.41) is 4.84. The van der Waals surface area contributed by atoms with Crippen molar-refractivity contribution in [2.45, 2.75) is 4.34 Å². The highest BCUT2D eigenvalue weighted by Crippen LogP contribution is 2.29. The molecule has 0 spiro atoms. The third-order valence-electron chi connectivity index (χ3n) is 2.91. The number of carbonyl (C=O) groups is 1. The first-order chi connectivity index (χ1) is 11.2. The van der Waals surface area contributed by atoms with Gasteiger partial charge in [0.05, 0.1) is 11.4 Å². The zero-order chi connectivity index (χ0) is 16.1. The molecule has 3 aromatic rings. The largest absolute Gasteiger partial charge is 0.325 e. The van der Waals surface area contributed by atoms with Crippen molar-refractivity contribution in [2.24, 2.45) is 0 Å². The number of hydrogen-bond acceptors (Lipinski definition) is 5. The summed E-state index contributed by atoms with van der Waals surface area (Å²) >= 11 is 6.40. The number of aromatic nitrogens is 2. The van der Waals surface area contributed by atoms with Crippen molar-refractivity contribution in [3.8, 4) is 11.3 Å². The van der Waals surface area contributed by atoms with Crippen LogP contribution < -0.4 is 5.32 Å². The maximum absolute atomic E-state index is 11.9. The lowest BCUT2D eigenvalue weighted by atomic mass is 10.2. The van der Waals surface area contributed by atoms with Gasteiger partial charge in [-0.2, -0.15) is 0 Å². The number of nitrogens with zero attached hydrogens (tertiary/aromatic N) is 2. The van der Waals surface area contributed by atoms with Gasteiger partial charge >= 0.3 is 0 Å². The number of nitrogens with one attached hydrogen (secondary N) is 1. The summed E-state index contributed by atoms with van der Waals surface area (Å²) in [6.07, 6.45) is 3.29. The Bertz CT molecular complexity index is 791. The van der Waals surface area contributed by atoms with E-state index in [1.807, 2.05) is 29.6 Å². The van der Waals surface area contributed by atoms with E-state index in [0.29, 0.717) is 5.75 Å². The minimum Gasteiger partial charge on any atom is -0.325 e. The smallest absolute Gasteiger partial charge is 0.234 e. The molecular formula is C16H12BrN3OS2. The highest BCUT2D eigenvalue weighted by atomic mass is 79.9. The fraction of sp³-hybridized carbons (Fsp3) is 0.0625. The first-order valence-electron chi connectivity index (χ1n) is 6.75. The van der Waals surface area contributed by atoms with E-state index >= 15 is 0 Å². The first kappa shape index (κ1) is 16.2. The Labute approximate surface area is 150 Å². The molecule has 23 heavy (non-hydrogen) atoms. The Kier molecular flexibility index (Phi) is 5.43. The average molecular weight is 406 g/mol. The van der Waals surface area contributed by atoms with Gasteiger partial charge in [-0.1, -0.05) is 39.8 Å². The number of thiazole rings is 1. The molecule has 1 N–H and O–H groups in total. The number of benzene rings is 1. The van der Waals surface area contributed by atoms with Crippen molar-refractivity contribution in [1.82, 2.24) is 9.97 Å². The number of thioether (sulfide) groups is 1. The maximum atomic E-state index is 11.9. The van der Waals surface area contributed by atoms with Crippen LogP contribution in [0.4, 0.5) is 5.69 Å². The zero-order valence-electron chi connectivity index (χ0n) is 11.9. The van der Waals surface area contributed by atoms with E-state index in [9.17, 15) is 4.79 Å². The second-order valence-corrected chi connectivity index (χ2v) is 7.57. The molecule has 0 saturated heterocycles. The molecule has 0 fully saturated rings. The monoisotopic (exact) mass is 405 g/mol. The molecule has 1 amide bonds. The fourth-order valence-electron chi connectivity index (χ4n) is 1.84. The van der Waals surface area contributed by atoms with Gasteiger partial charge in [-0.15, -0.1) is 11.3 Å². The summed E-state index contributed by atoms with van der Waals surface area (Å²) in [5.41, 5.74) is 2.75. The summed E-state index contributed by atoms with van der Waals surface area (Å²) in [7, 11) is 0. The Balaban J connectivity index is 1.57. The minimum atomic E-state index is -0.0541. The van der Waals surface area contributed by atoms with Gasteiger partial charge in [0, 0.05) is 33.5 Å². The SMILES string of the molecule is O=C(CSc1nc(-c2ccc(Br)cc2)cs1)Nc1ccncc1. The summed E-state index contributed by atoms with van der Waals surface area (Å²) < 4.78 is 1.92. The van der Waals surface area contributed by atoms with Crippen LogP contribution in [0.15, 0.2) is 63.0 Å². The van der Waals surface area contributed by atoms with Crippen LogP contribution in [0, 0.1) is 0 Å². The van der Waals surface area contributed by atoms with Crippen LogP contribution in [-0.4, -0.2) is 21.6 Å². The lowest BCUT2D eigenvalue weighted by Gasteiger charge is -2.03. The summed E-state index contributed by atoms with van der Waals surface area (Å²) in [5.74, 6) is 0.275.